The van der Waals surface area contributed by atoms with Crippen LogP contribution in [0.3, 0.4) is 0 Å². The summed E-state index contributed by atoms with van der Waals surface area (Å²) in [5, 5.41) is 8.65. The third kappa shape index (κ3) is 6.62. The lowest BCUT2D eigenvalue weighted by atomic mass is 10.1. The van der Waals surface area contributed by atoms with E-state index >= 15 is 0 Å². The van der Waals surface area contributed by atoms with Gasteiger partial charge < -0.3 is 15.6 Å². The first-order chi connectivity index (χ1) is 8.72. The van der Waals surface area contributed by atoms with Gasteiger partial charge >= 0.3 is 0 Å². The molecule has 102 valence electrons. The van der Waals surface area contributed by atoms with Crippen LogP contribution in [0.4, 0.5) is 0 Å². The van der Waals surface area contributed by atoms with Gasteiger partial charge in [-0.15, -0.1) is 0 Å². The summed E-state index contributed by atoms with van der Waals surface area (Å²) in [5.41, 5.74) is 7.04. The number of hydrogen-bond donors (Lipinski definition) is 2. The number of unbranched alkanes of at least 4 members (excludes halogenated alkanes) is 2. The Morgan fingerprint density at radius 3 is 2.50 bits per heavy atom. The zero-order valence-electron chi connectivity index (χ0n) is 11.3. The minimum atomic E-state index is 0.257. The van der Waals surface area contributed by atoms with Crippen LogP contribution in [0.25, 0.3) is 0 Å². The third-order valence-corrected chi connectivity index (χ3v) is 2.88. The fraction of sp³-hybridized carbons (Fsp3) is 0.600. The van der Waals surface area contributed by atoms with E-state index in [0.717, 1.165) is 44.5 Å². The van der Waals surface area contributed by atoms with Crippen molar-refractivity contribution in [3.8, 4) is 5.75 Å². The topological polar surface area (TPSA) is 55.5 Å². The van der Waals surface area contributed by atoms with Crippen LogP contribution in [0.2, 0.25) is 0 Å². The second-order valence-corrected chi connectivity index (χ2v) is 4.79. The van der Waals surface area contributed by atoms with Gasteiger partial charge in [-0.05, 0) is 56.7 Å². The monoisotopic (exact) mass is 251 g/mol. The molecule has 18 heavy (non-hydrogen) atoms. The van der Waals surface area contributed by atoms with Gasteiger partial charge in [0.2, 0.25) is 0 Å². The van der Waals surface area contributed by atoms with E-state index in [1.807, 2.05) is 19.1 Å². The van der Waals surface area contributed by atoms with Crippen molar-refractivity contribution in [2.75, 3.05) is 13.2 Å². The number of aliphatic hydroxyl groups excluding tert-OH is 1. The molecule has 0 amide bonds. The highest BCUT2D eigenvalue weighted by Gasteiger charge is 1.98. The first-order valence-electron chi connectivity index (χ1n) is 6.80. The maximum Gasteiger partial charge on any atom is 0.119 e. The van der Waals surface area contributed by atoms with Crippen LogP contribution in [0, 0.1) is 0 Å². The van der Waals surface area contributed by atoms with Crippen molar-refractivity contribution < 1.29 is 9.84 Å². The number of benzene rings is 1. The lowest BCUT2D eigenvalue weighted by Crippen LogP contribution is -2.15. The third-order valence-electron chi connectivity index (χ3n) is 2.88. The molecule has 0 radical (unpaired) electrons. The Balaban J connectivity index is 2.23. The quantitative estimate of drug-likeness (QED) is 0.663. The Bertz CT molecular complexity index is 309. The van der Waals surface area contributed by atoms with E-state index in [1.54, 1.807) is 0 Å². The number of aryl methyl sites for hydroxylation is 1. The molecule has 0 spiro atoms. The summed E-state index contributed by atoms with van der Waals surface area (Å²) < 4.78 is 5.63. The highest BCUT2D eigenvalue weighted by Crippen LogP contribution is 2.14. The lowest BCUT2D eigenvalue weighted by Gasteiger charge is -2.08. The van der Waals surface area contributed by atoms with Crippen molar-refractivity contribution in [2.24, 2.45) is 5.73 Å². The number of ether oxygens (including phenoxy) is 1. The number of nitrogens with two attached hydrogens (primary N) is 1. The fourth-order valence-corrected chi connectivity index (χ4v) is 1.73. The second-order valence-electron chi connectivity index (χ2n) is 4.79. The zero-order chi connectivity index (χ0) is 13.2. The SMILES string of the molecule is CC(N)CCc1ccc(OCCCCCO)cc1. The minimum Gasteiger partial charge on any atom is -0.494 e. The molecule has 3 N–H and O–H groups in total. The summed E-state index contributed by atoms with van der Waals surface area (Å²) in [6, 6.07) is 8.49. The van der Waals surface area contributed by atoms with Crippen molar-refractivity contribution in [1.29, 1.82) is 0 Å². The van der Waals surface area contributed by atoms with Gasteiger partial charge in [0.25, 0.3) is 0 Å². The Morgan fingerprint density at radius 1 is 1.17 bits per heavy atom. The van der Waals surface area contributed by atoms with Crippen molar-refractivity contribution in [1.82, 2.24) is 0 Å². The minimum absolute atomic E-state index is 0.257. The smallest absolute Gasteiger partial charge is 0.119 e. The highest BCUT2D eigenvalue weighted by molar-refractivity contribution is 5.27. The Labute approximate surface area is 110 Å². The van der Waals surface area contributed by atoms with Crippen molar-refractivity contribution in [3.63, 3.8) is 0 Å². The first kappa shape index (κ1) is 15.0. The van der Waals surface area contributed by atoms with Crippen LogP contribution in [0.5, 0.6) is 5.75 Å². The Morgan fingerprint density at radius 2 is 1.89 bits per heavy atom. The van der Waals surface area contributed by atoms with E-state index in [2.05, 4.69) is 12.1 Å². The molecular weight excluding hydrogens is 226 g/mol. The van der Waals surface area contributed by atoms with Gasteiger partial charge in [0.1, 0.15) is 5.75 Å². The van der Waals surface area contributed by atoms with Gasteiger partial charge in [-0.2, -0.15) is 0 Å². The van der Waals surface area contributed by atoms with E-state index in [9.17, 15) is 0 Å². The van der Waals surface area contributed by atoms with Crippen LogP contribution in [-0.2, 0) is 6.42 Å². The standard InChI is InChI=1S/C15H25NO2/c1-13(16)5-6-14-7-9-15(10-8-14)18-12-4-2-3-11-17/h7-10,13,17H,2-6,11-12,16H2,1H3. The lowest BCUT2D eigenvalue weighted by molar-refractivity contribution is 0.266. The number of aliphatic hydroxyl groups is 1. The van der Waals surface area contributed by atoms with Crippen molar-refractivity contribution >= 4 is 0 Å². The molecule has 0 saturated heterocycles. The van der Waals surface area contributed by atoms with Gasteiger partial charge in [0, 0.05) is 12.6 Å². The molecular formula is C15H25NO2. The second kappa shape index (κ2) is 8.95. The van der Waals surface area contributed by atoms with Gasteiger partial charge in [0.15, 0.2) is 0 Å². The normalized spacial score (nSPS) is 12.4. The number of hydrogen-bond acceptors (Lipinski definition) is 3. The van der Waals surface area contributed by atoms with Crippen molar-refractivity contribution in [3.05, 3.63) is 29.8 Å². The molecule has 3 nitrogen and oxygen atoms in total. The Kier molecular flexibility index (Phi) is 7.46. The molecule has 3 heteroatoms. The Hall–Kier alpha value is -1.06. The molecule has 1 aromatic carbocycles. The summed E-state index contributed by atoms with van der Waals surface area (Å²) in [6.07, 6.45) is 4.91. The van der Waals surface area contributed by atoms with Gasteiger partial charge in [-0.1, -0.05) is 12.1 Å². The van der Waals surface area contributed by atoms with Crippen LogP contribution in [-0.4, -0.2) is 24.4 Å². The van der Waals surface area contributed by atoms with E-state index in [1.165, 1.54) is 5.56 Å². The predicted octanol–water partition coefficient (Wildman–Crippen LogP) is 2.51. The van der Waals surface area contributed by atoms with E-state index in [4.69, 9.17) is 15.6 Å². The molecule has 0 aliphatic carbocycles. The molecule has 0 aliphatic rings. The van der Waals surface area contributed by atoms with Crippen LogP contribution in [0.1, 0.15) is 38.2 Å². The summed E-state index contributed by atoms with van der Waals surface area (Å²) in [7, 11) is 0. The van der Waals surface area contributed by atoms with Gasteiger partial charge in [0.05, 0.1) is 6.61 Å². The molecule has 1 unspecified atom stereocenters. The molecule has 1 atom stereocenters. The van der Waals surface area contributed by atoms with E-state index in [-0.39, 0.29) is 12.6 Å². The summed E-state index contributed by atoms with van der Waals surface area (Å²) in [5.74, 6) is 0.920. The molecule has 1 rings (SSSR count). The van der Waals surface area contributed by atoms with Crippen LogP contribution < -0.4 is 10.5 Å². The average Bonchev–Trinajstić information content (AvgIpc) is 2.37. The largest absolute Gasteiger partial charge is 0.494 e. The molecule has 1 aromatic rings. The molecule has 0 aliphatic heterocycles. The first-order valence-corrected chi connectivity index (χ1v) is 6.80. The van der Waals surface area contributed by atoms with Crippen LogP contribution >= 0.6 is 0 Å². The molecule has 0 fully saturated rings. The van der Waals surface area contributed by atoms with Crippen molar-refractivity contribution in [2.45, 2.75) is 45.1 Å². The predicted molar refractivity (Wildman–Crippen MR) is 74.8 cm³/mol. The maximum absolute atomic E-state index is 8.65. The summed E-state index contributed by atoms with van der Waals surface area (Å²) >= 11 is 0. The molecule has 0 bridgehead atoms. The van der Waals surface area contributed by atoms with E-state index in [0.29, 0.717) is 0 Å². The zero-order valence-corrected chi connectivity index (χ0v) is 11.3. The fourth-order valence-electron chi connectivity index (χ4n) is 1.73. The van der Waals surface area contributed by atoms with Gasteiger partial charge in [-0.3, -0.25) is 0 Å². The van der Waals surface area contributed by atoms with Gasteiger partial charge in [-0.25, -0.2) is 0 Å². The van der Waals surface area contributed by atoms with E-state index < -0.39 is 0 Å². The van der Waals surface area contributed by atoms with Crippen LogP contribution in [0.15, 0.2) is 24.3 Å². The summed E-state index contributed by atoms with van der Waals surface area (Å²) in [4.78, 5) is 0. The molecule has 0 aromatic heterocycles. The molecule has 0 heterocycles. The summed E-state index contributed by atoms with van der Waals surface area (Å²) in [6.45, 7) is 3.03. The molecule has 0 saturated carbocycles. The number of rotatable bonds is 9. The highest BCUT2D eigenvalue weighted by atomic mass is 16.5. The maximum atomic E-state index is 8.65. The average molecular weight is 251 g/mol.